The third-order valence-corrected chi connectivity index (χ3v) is 2.94. The molecule has 2 rings (SSSR count). The van der Waals surface area contributed by atoms with Gasteiger partial charge >= 0.3 is 0 Å². The van der Waals surface area contributed by atoms with Gasteiger partial charge in [0.05, 0.1) is 11.6 Å². The molecule has 66 valence electrons. The molecule has 1 saturated carbocycles. The molecule has 0 spiro atoms. The maximum absolute atomic E-state index is 6.00. The van der Waals surface area contributed by atoms with Gasteiger partial charge in [-0.15, -0.1) is 11.6 Å². The van der Waals surface area contributed by atoms with Crippen molar-refractivity contribution in [3.05, 3.63) is 16.4 Å². The van der Waals surface area contributed by atoms with E-state index in [9.17, 15) is 0 Å². The Kier molecular flexibility index (Phi) is 2.05. The second-order valence-electron chi connectivity index (χ2n) is 3.19. The summed E-state index contributed by atoms with van der Waals surface area (Å²) in [6.07, 6.45) is 2.47. The molecule has 0 atom stereocenters. The summed E-state index contributed by atoms with van der Waals surface area (Å²) in [6.45, 7) is 0. The number of nitrogens with zero attached hydrogens (tertiary/aromatic N) is 2. The summed E-state index contributed by atoms with van der Waals surface area (Å²) in [5.41, 5.74) is 2.13. The van der Waals surface area contributed by atoms with Gasteiger partial charge in [0.1, 0.15) is 5.15 Å². The van der Waals surface area contributed by atoms with Gasteiger partial charge in [-0.25, -0.2) is 0 Å². The van der Waals surface area contributed by atoms with Gasteiger partial charge in [0.25, 0.3) is 0 Å². The molecule has 0 unspecified atom stereocenters. The van der Waals surface area contributed by atoms with Crippen LogP contribution in [0.5, 0.6) is 0 Å². The highest BCUT2D eigenvalue weighted by molar-refractivity contribution is 6.31. The second kappa shape index (κ2) is 2.93. The van der Waals surface area contributed by atoms with Crippen molar-refractivity contribution < 1.29 is 0 Å². The van der Waals surface area contributed by atoms with Crippen molar-refractivity contribution in [2.24, 2.45) is 7.05 Å². The topological polar surface area (TPSA) is 17.8 Å². The summed E-state index contributed by atoms with van der Waals surface area (Å²) in [4.78, 5) is 0. The van der Waals surface area contributed by atoms with E-state index in [1.54, 1.807) is 4.68 Å². The SMILES string of the molecule is Cn1nc(C2CC2)c(CCl)c1Cl. The molecule has 1 aliphatic rings. The fourth-order valence-corrected chi connectivity index (χ4v) is 1.91. The third kappa shape index (κ3) is 1.23. The Morgan fingerprint density at radius 2 is 2.25 bits per heavy atom. The van der Waals surface area contributed by atoms with Crippen LogP contribution in [0.15, 0.2) is 0 Å². The van der Waals surface area contributed by atoms with Crippen LogP contribution in [0.4, 0.5) is 0 Å². The van der Waals surface area contributed by atoms with Gasteiger partial charge < -0.3 is 0 Å². The molecule has 0 bridgehead atoms. The summed E-state index contributed by atoms with van der Waals surface area (Å²) in [5.74, 6) is 1.09. The van der Waals surface area contributed by atoms with Crippen molar-refractivity contribution in [2.45, 2.75) is 24.6 Å². The van der Waals surface area contributed by atoms with Crippen molar-refractivity contribution in [1.82, 2.24) is 9.78 Å². The number of rotatable bonds is 2. The van der Waals surface area contributed by atoms with E-state index in [-0.39, 0.29) is 0 Å². The summed E-state index contributed by atoms with van der Waals surface area (Å²) < 4.78 is 1.70. The Balaban J connectivity index is 2.44. The quantitative estimate of drug-likeness (QED) is 0.678. The van der Waals surface area contributed by atoms with Crippen molar-refractivity contribution in [3.8, 4) is 0 Å². The first-order valence-corrected chi connectivity index (χ1v) is 4.92. The minimum atomic E-state index is 0.471. The maximum atomic E-state index is 6.00. The summed E-state index contributed by atoms with van der Waals surface area (Å²) in [5, 5.41) is 5.03. The van der Waals surface area contributed by atoms with Gasteiger partial charge in [0, 0.05) is 18.5 Å². The highest BCUT2D eigenvalue weighted by atomic mass is 35.5. The van der Waals surface area contributed by atoms with Crippen LogP contribution in [-0.4, -0.2) is 9.78 Å². The van der Waals surface area contributed by atoms with Crippen molar-refractivity contribution in [3.63, 3.8) is 0 Å². The van der Waals surface area contributed by atoms with Gasteiger partial charge in [-0.2, -0.15) is 5.10 Å². The number of hydrogen-bond acceptors (Lipinski definition) is 1. The molecule has 2 nitrogen and oxygen atoms in total. The van der Waals surface area contributed by atoms with E-state index < -0.39 is 0 Å². The van der Waals surface area contributed by atoms with Gasteiger partial charge in [0.15, 0.2) is 0 Å². The van der Waals surface area contributed by atoms with Gasteiger partial charge in [-0.1, -0.05) is 11.6 Å². The Morgan fingerprint density at radius 3 is 2.75 bits per heavy atom. The molecular weight excluding hydrogens is 195 g/mol. The molecule has 12 heavy (non-hydrogen) atoms. The Bertz CT molecular complexity index is 302. The van der Waals surface area contributed by atoms with Crippen LogP contribution < -0.4 is 0 Å². The van der Waals surface area contributed by atoms with E-state index >= 15 is 0 Å². The first kappa shape index (κ1) is 8.39. The Morgan fingerprint density at radius 1 is 1.58 bits per heavy atom. The standard InChI is InChI=1S/C8H10Cl2N2/c1-12-8(10)6(4-9)7(11-12)5-2-3-5/h5H,2-4H2,1H3. The molecular formula is C8H10Cl2N2. The van der Waals surface area contributed by atoms with E-state index in [1.807, 2.05) is 7.05 Å². The molecule has 0 N–H and O–H groups in total. The first-order chi connectivity index (χ1) is 5.74. The molecule has 1 heterocycles. The Labute approximate surface area is 81.5 Å². The predicted molar refractivity (Wildman–Crippen MR) is 49.8 cm³/mol. The first-order valence-electron chi connectivity index (χ1n) is 4.01. The minimum absolute atomic E-state index is 0.471. The van der Waals surface area contributed by atoms with Gasteiger partial charge in [-0.3, -0.25) is 4.68 Å². The fraction of sp³-hybridized carbons (Fsp3) is 0.625. The van der Waals surface area contributed by atoms with Crippen LogP contribution in [-0.2, 0) is 12.9 Å². The van der Waals surface area contributed by atoms with Crippen LogP contribution in [0.3, 0.4) is 0 Å². The second-order valence-corrected chi connectivity index (χ2v) is 3.81. The minimum Gasteiger partial charge on any atom is -0.256 e. The molecule has 1 fully saturated rings. The lowest BCUT2D eigenvalue weighted by atomic mass is 10.2. The van der Waals surface area contributed by atoms with E-state index in [1.165, 1.54) is 12.8 Å². The van der Waals surface area contributed by atoms with Crippen molar-refractivity contribution >= 4 is 23.2 Å². The highest BCUT2D eigenvalue weighted by Crippen LogP contribution is 2.42. The smallest absolute Gasteiger partial charge is 0.131 e. The number of halogens is 2. The average molecular weight is 205 g/mol. The summed E-state index contributed by atoms with van der Waals surface area (Å²) in [6, 6.07) is 0. The zero-order valence-electron chi connectivity index (χ0n) is 6.85. The zero-order chi connectivity index (χ0) is 8.72. The zero-order valence-corrected chi connectivity index (χ0v) is 8.36. The molecule has 0 saturated heterocycles. The van der Waals surface area contributed by atoms with Crippen LogP contribution in [0.2, 0.25) is 5.15 Å². The van der Waals surface area contributed by atoms with Crippen LogP contribution in [0.1, 0.15) is 30.0 Å². The number of aromatic nitrogens is 2. The molecule has 1 aliphatic carbocycles. The van der Waals surface area contributed by atoms with E-state index in [4.69, 9.17) is 23.2 Å². The van der Waals surface area contributed by atoms with Crippen molar-refractivity contribution in [2.75, 3.05) is 0 Å². The summed E-state index contributed by atoms with van der Waals surface area (Å²) >= 11 is 11.8. The van der Waals surface area contributed by atoms with Gasteiger partial charge in [0.2, 0.25) is 0 Å². The average Bonchev–Trinajstić information content (AvgIpc) is 2.82. The normalized spacial score (nSPS) is 16.9. The van der Waals surface area contributed by atoms with Crippen LogP contribution in [0.25, 0.3) is 0 Å². The molecule has 0 amide bonds. The number of alkyl halides is 1. The third-order valence-electron chi connectivity index (χ3n) is 2.20. The molecule has 0 aliphatic heterocycles. The van der Waals surface area contributed by atoms with Crippen LogP contribution in [0, 0.1) is 0 Å². The molecule has 0 radical (unpaired) electrons. The lowest BCUT2D eigenvalue weighted by Crippen LogP contribution is -1.90. The molecule has 4 heteroatoms. The van der Waals surface area contributed by atoms with E-state index in [0.29, 0.717) is 17.0 Å². The number of aryl methyl sites for hydroxylation is 1. The lowest BCUT2D eigenvalue weighted by Gasteiger charge is -1.93. The number of hydrogen-bond donors (Lipinski definition) is 0. The molecule has 1 aromatic rings. The summed E-state index contributed by atoms with van der Waals surface area (Å²) in [7, 11) is 1.85. The monoisotopic (exact) mass is 204 g/mol. The maximum Gasteiger partial charge on any atom is 0.131 e. The highest BCUT2D eigenvalue weighted by Gasteiger charge is 2.30. The Hall–Kier alpha value is -0.210. The van der Waals surface area contributed by atoms with E-state index in [2.05, 4.69) is 5.10 Å². The lowest BCUT2D eigenvalue weighted by molar-refractivity contribution is 0.744. The molecule has 1 aromatic heterocycles. The largest absolute Gasteiger partial charge is 0.256 e. The van der Waals surface area contributed by atoms with Crippen LogP contribution >= 0.6 is 23.2 Å². The predicted octanol–water partition coefficient (Wildman–Crippen LogP) is 2.69. The fourth-order valence-electron chi connectivity index (χ4n) is 1.38. The van der Waals surface area contributed by atoms with E-state index in [0.717, 1.165) is 11.3 Å². The van der Waals surface area contributed by atoms with Gasteiger partial charge in [-0.05, 0) is 12.8 Å². The van der Waals surface area contributed by atoms with Crippen molar-refractivity contribution in [1.29, 1.82) is 0 Å². The molecule has 0 aromatic carbocycles.